The molecule has 112 valence electrons. The lowest BCUT2D eigenvalue weighted by molar-refractivity contribution is 0.0770. The third-order valence-electron chi connectivity index (χ3n) is 4.64. The van der Waals surface area contributed by atoms with Crippen LogP contribution >= 0.6 is 0 Å². The predicted molar refractivity (Wildman–Crippen MR) is 86.9 cm³/mol. The lowest BCUT2D eigenvalue weighted by Gasteiger charge is -2.46. The van der Waals surface area contributed by atoms with E-state index in [1.807, 2.05) is 0 Å². The fourth-order valence-corrected chi connectivity index (χ4v) is 3.25. The van der Waals surface area contributed by atoms with Gasteiger partial charge in [0.25, 0.3) is 0 Å². The minimum Gasteiger partial charge on any atom is -0.309 e. The number of piperazine rings is 1. The summed E-state index contributed by atoms with van der Waals surface area (Å²) >= 11 is 0. The molecule has 2 rings (SSSR count). The average molecular weight is 274 g/mol. The molecule has 1 fully saturated rings. The van der Waals surface area contributed by atoms with Crippen molar-refractivity contribution < 1.29 is 0 Å². The maximum atomic E-state index is 3.70. The number of rotatable bonds is 5. The van der Waals surface area contributed by atoms with Crippen molar-refractivity contribution in [3.63, 3.8) is 0 Å². The normalized spacial score (nSPS) is 23.1. The van der Waals surface area contributed by atoms with Crippen LogP contribution in [0.3, 0.4) is 0 Å². The lowest BCUT2D eigenvalue weighted by Crippen LogP contribution is -2.58. The predicted octanol–water partition coefficient (Wildman–Crippen LogP) is 3.85. The van der Waals surface area contributed by atoms with Crippen LogP contribution in [0, 0.1) is 5.92 Å². The van der Waals surface area contributed by atoms with E-state index in [9.17, 15) is 0 Å². The topological polar surface area (TPSA) is 15.3 Å². The number of hydrogen-bond donors (Lipinski definition) is 1. The minimum absolute atomic E-state index is 0.220. The van der Waals surface area contributed by atoms with Crippen molar-refractivity contribution in [1.82, 2.24) is 10.2 Å². The quantitative estimate of drug-likeness (QED) is 0.877. The van der Waals surface area contributed by atoms with Gasteiger partial charge in [-0.3, -0.25) is 4.90 Å². The zero-order valence-electron chi connectivity index (χ0n) is 13.5. The van der Waals surface area contributed by atoms with Gasteiger partial charge in [-0.25, -0.2) is 0 Å². The molecule has 0 aliphatic carbocycles. The largest absolute Gasteiger partial charge is 0.309 e. The van der Waals surface area contributed by atoms with Crippen molar-refractivity contribution in [2.24, 2.45) is 5.92 Å². The summed E-state index contributed by atoms with van der Waals surface area (Å²) in [5.41, 5.74) is 1.67. The third kappa shape index (κ3) is 3.83. The van der Waals surface area contributed by atoms with E-state index in [-0.39, 0.29) is 5.54 Å². The molecule has 0 aromatic heterocycles. The van der Waals surface area contributed by atoms with Crippen LogP contribution in [0.1, 0.15) is 52.1 Å². The van der Waals surface area contributed by atoms with Crippen LogP contribution in [0.2, 0.25) is 0 Å². The van der Waals surface area contributed by atoms with E-state index in [0.717, 1.165) is 19.0 Å². The highest BCUT2D eigenvalue weighted by molar-refractivity contribution is 5.20. The standard InChI is InChI=1S/C18H30N2/c1-5-15(6-2)13-20-14-18(3,4)19-12-17(20)16-10-8-7-9-11-16/h7-11,15,17,19H,5-6,12-14H2,1-4H3. The molecule has 0 radical (unpaired) electrons. The van der Waals surface area contributed by atoms with Gasteiger partial charge in [0.15, 0.2) is 0 Å². The summed E-state index contributed by atoms with van der Waals surface area (Å²) in [6, 6.07) is 11.5. The van der Waals surface area contributed by atoms with Gasteiger partial charge in [-0.15, -0.1) is 0 Å². The van der Waals surface area contributed by atoms with E-state index >= 15 is 0 Å². The van der Waals surface area contributed by atoms with Crippen LogP contribution in [-0.4, -0.2) is 30.1 Å². The van der Waals surface area contributed by atoms with Crippen LogP contribution < -0.4 is 5.32 Å². The average Bonchev–Trinajstić information content (AvgIpc) is 2.45. The highest BCUT2D eigenvalue weighted by Crippen LogP contribution is 2.28. The van der Waals surface area contributed by atoms with Gasteiger partial charge in [-0.1, -0.05) is 57.0 Å². The summed E-state index contributed by atoms with van der Waals surface area (Å²) < 4.78 is 0. The van der Waals surface area contributed by atoms with Crippen molar-refractivity contribution in [3.8, 4) is 0 Å². The fraction of sp³-hybridized carbons (Fsp3) is 0.667. The van der Waals surface area contributed by atoms with Gasteiger partial charge in [0, 0.05) is 31.2 Å². The first-order valence-electron chi connectivity index (χ1n) is 8.09. The van der Waals surface area contributed by atoms with E-state index < -0.39 is 0 Å². The second kappa shape index (κ2) is 6.73. The van der Waals surface area contributed by atoms with Crippen molar-refractivity contribution >= 4 is 0 Å². The molecule has 2 heteroatoms. The minimum atomic E-state index is 0.220. The van der Waals surface area contributed by atoms with Crippen LogP contribution in [-0.2, 0) is 0 Å². The molecule has 20 heavy (non-hydrogen) atoms. The van der Waals surface area contributed by atoms with Gasteiger partial charge < -0.3 is 5.32 Å². The molecule has 2 nitrogen and oxygen atoms in total. The van der Waals surface area contributed by atoms with E-state index in [1.54, 1.807) is 0 Å². The smallest absolute Gasteiger partial charge is 0.0473 e. The van der Waals surface area contributed by atoms with Crippen LogP contribution in [0.15, 0.2) is 30.3 Å². The lowest BCUT2D eigenvalue weighted by atomic mass is 9.92. The zero-order valence-corrected chi connectivity index (χ0v) is 13.5. The number of hydrogen-bond acceptors (Lipinski definition) is 2. The first-order valence-corrected chi connectivity index (χ1v) is 8.09. The van der Waals surface area contributed by atoms with Gasteiger partial charge >= 0.3 is 0 Å². The van der Waals surface area contributed by atoms with Crippen molar-refractivity contribution in [2.45, 2.75) is 52.1 Å². The monoisotopic (exact) mass is 274 g/mol. The van der Waals surface area contributed by atoms with Crippen LogP contribution in [0.25, 0.3) is 0 Å². The van der Waals surface area contributed by atoms with Crippen molar-refractivity contribution in [3.05, 3.63) is 35.9 Å². The Hall–Kier alpha value is -0.860. The number of benzene rings is 1. The third-order valence-corrected chi connectivity index (χ3v) is 4.64. The Kier molecular flexibility index (Phi) is 5.22. The second-order valence-electron chi connectivity index (χ2n) is 6.80. The maximum Gasteiger partial charge on any atom is 0.0473 e. The first-order chi connectivity index (χ1) is 9.55. The van der Waals surface area contributed by atoms with Crippen molar-refractivity contribution in [2.75, 3.05) is 19.6 Å². The zero-order chi connectivity index (χ0) is 14.6. The van der Waals surface area contributed by atoms with Gasteiger partial charge in [0.05, 0.1) is 0 Å². The summed E-state index contributed by atoms with van der Waals surface area (Å²) in [4.78, 5) is 2.70. The Morgan fingerprint density at radius 1 is 1.20 bits per heavy atom. The molecule has 1 atom stereocenters. The van der Waals surface area contributed by atoms with Gasteiger partial charge in [-0.05, 0) is 25.3 Å². The highest BCUT2D eigenvalue weighted by atomic mass is 15.2. The molecule has 0 bridgehead atoms. The Bertz CT molecular complexity index is 395. The molecule has 1 aromatic rings. The summed E-state index contributed by atoms with van der Waals surface area (Å²) in [7, 11) is 0. The molecule has 0 saturated carbocycles. The molecule has 1 heterocycles. The van der Waals surface area contributed by atoms with Gasteiger partial charge in [0.2, 0.25) is 0 Å². The Morgan fingerprint density at radius 2 is 1.85 bits per heavy atom. The number of nitrogens with one attached hydrogen (secondary N) is 1. The molecule has 1 saturated heterocycles. The summed E-state index contributed by atoms with van der Waals surface area (Å²) in [6.45, 7) is 12.7. The van der Waals surface area contributed by atoms with E-state index in [1.165, 1.54) is 24.9 Å². The van der Waals surface area contributed by atoms with Crippen molar-refractivity contribution in [1.29, 1.82) is 0 Å². The fourth-order valence-electron chi connectivity index (χ4n) is 3.25. The second-order valence-corrected chi connectivity index (χ2v) is 6.80. The van der Waals surface area contributed by atoms with Crippen LogP contribution in [0.5, 0.6) is 0 Å². The van der Waals surface area contributed by atoms with E-state index in [4.69, 9.17) is 0 Å². The molecular weight excluding hydrogens is 244 g/mol. The highest BCUT2D eigenvalue weighted by Gasteiger charge is 2.33. The SMILES string of the molecule is CCC(CC)CN1CC(C)(C)NCC1c1ccccc1. The van der Waals surface area contributed by atoms with E-state index in [2.05, 4.69) is 68.2 Å². The Balaban J connectivity index is 2.16. The summed E-state index contributed by atoms with van der Waals surface area (Å²) in [5, 5.41) is 3.70. The molecular formula is C18H30N2. The molecule has 1 aliphatic rings. The molecule has 1 aliphatic heterocycles. The summed E-state index contributed by atoms with van der Waals surface area (Å²) in [6.07, 6.45) is 2.56. The number of nitrogens with zero attached hydrogens (tertiary/aromatic N) is 1. The first kappa shape index (κ1) is 15.5. The van der Waals surface area contributed by atoms with E-state index in [0.29, 0.717) is 6.04 Å². The Morgan fingerprint density at radius 3 is 2.45 bits per heavy atom. The molecule has 1 unspecified atom stereocenters. The molecule has 1 N–H and O–H groups in total. The van der Waals surface area contributed by atoms with Gasteiger partial charge in [0.1, 0.15) is 0 Å². The molecule has 0 spiro atoms. The summed E-state index contributed by atoms with van der Waals surface area (Å²) in [5.74, 6) is 0.815. The van der Waals surface area contributed by atoms with Gasteiger partial charge in [-0.2, -0.15) is 0 Å². The molecule has 1 aromatic carbocycles. The maximum absolute atomic E-state index is 3.70. The molecule has 0 amide bonds. The Labute approximate surface area is 124 Å². The van der Waals surface area contributed by atoms with Crippen LogP contribution in [0.4, 0.5) is 0 Å².